The zero-order chi connectivity index (χ0) is 22.2. The maximum atomic E-state index is 13.9. The Hall–Kier alpha value is -2.53. The topological polar surface area (TPSA) is 110 Å². The zero-order valence-electron chi connectivity index (χ0n) is 16.4. The molecule has 1 fully saturated rings. The van der Waals surface area contributed by atoms with Crippen molar-refractivity contribution in [3.05, 3.63) is 52.5 Å². The summed E-state index contributed by atoms with van der Waals surface area (Å²) in [5.41, 5.74) is 15.9. The number of guanidine groups is 1. The molecule has 0 aromatic heterocycles. The van der Waals surface area contributed by atoms with Gasteiger partial charge in [-0.15, -0.1) is 0 Å². The van der Waals surface area contributed by atoms with Crippen molar-refractivity contribution < 1.29 is 17.9 Å². The normalized spacial score (nSPS) is 23.5. The molecule has 31 heavy (non-hydrogen) atoms. The van der Waals surface area contributed by atoms with Gasteiger partial charge in [-0.2, -0.15) is 18.6 Å². The Kier molecular flexibility index (Phi) is 5.73. The quantitative estimate of drug-likeness (QED) is 0.475. The first-order chi connectivity index (χ1) is 14.7. The van der Waals surface area contributed by atoms with Gasteiger partial charge in [-0.25, -0.2) is 4.99 Å². The number of hydrogen-bond acceptors (Lipinski definition) is 7. The Morgan fingerprint density at radius 2 is 1.97 bits per heavy atom. The molecule has 4 rings (SSSR count). The molecule has 7 nitrogen and oxygen atoms in total. The van der Waals surface area contributed by atoms with Crippen molar-refractivity contribution in [3.8, 4) is 16.9 Å². The smallest absolute Gasteiger partial charge is 0.417 e. The Labute approximate surface area is 182 Å². The fourth-order valence-corrected chi connectivity index (χ4v) is 4.03. The maximum absolute atomic E-state index is 13.9. The van der Waals surface area contributed by atoms with Gasteiger partial charge in [0, 0.05) is 22.2 Å². The van der Waals surface area contributed by atoms with Gasteiger partial charge in [0.1, 0.15) is 12.4 Å². The molecule has 2 atom stereocenters. The van der Waals surface area contributed by atoms with Crippen LogP contribution in [0.25, 0.3) is 11.1 Å². The van der Waals surface area contributed by atoms with E-state index in [9.17, 15) is 13.2 Å². The summed E-state index contributed by atoms with van der Waals surface area (Å²) in [5.74, 6) is -1.14. The summed E-state index contributed by atoms with van der Waals surface area (Å²) in [7, 11) is 0. The minimum atomic E-state index is -4.67. The van der Waals surface area contributed by atoms with Gasteiger partial charge < -0.3 is 15.8 Å². The van der Waals surface area contributed by atoms with Crippen molar-refractivity contribution in [1.82, 2.24) is 16.2 Å². The van der Waals surface area contributed by atoms with Crippen LogP contribution in [0.4, 0.5) is 13.2 Å². The summed E-state index contributed by atoms with van der Waals surface area (Å²) in [5, 5.41) is 3.22. The van der Waals surface area contributed by atoms with E-state index < -0.39 is 17.5 Å². The van der Waals surface area contributed by atoms with Crippen LogP contribution < -0.4 is 32.4 Å². The van der Waals surface area contributed by atoms with Crippen molar-refractivity contribution >= 4 is 17.6 Å². The van der Waals surface area contributed by atoms with Crippen molar-refractivity contribution in [2.75, 3.05) is 13.2 Å². The predicted octanol–water partition coefficient (Wildman–Crippen LogP) is 2.65. The van der Waals surface area contributed by atoms with E-state index in [4.69, 9.17) is 27.8 Å². The maximum Gasteiger partial charge on any atom is 0.417 e. The highest BCUT2D eigenvalue weighted by atomic mass is 35.5. The van der Waals surface area contributed by atoms with Crippen LogP contribution in [-0.4, -0.2) is 25.2 Å². The lowest BCUT2D eigenvalue weighted by molar-refractivity contribution is -0.137. The number of ether oxygens (including phenoxy) is 1. The van der Waals surface area contributed by atoms with Crippen LogP contribution in [-0.2, 0) is 12.0 Å². The standard InChI is InChI=1S/C20H22ClF3N6O/c21-16-9-12(20(26)28-18(25)29-30-20)8-15(19(22,23)24)17(16)11-3-5-14(6-4-11)31-10-13-2-1-7-27-13/h3-6,8-9,13,27,30H,1-2,7,10,26H2,(H3,25,28,29)/t13-,20?/m1/s1. The summed E-state index contributed by atoms with van der Waals surface area (Å²) in [6.45, 7) is 1.47. The van der Waals surface area contributed by atoms with Crippen molar-refractivity contribution in [3.63, 3.8) is 0 Å². The van der Waals surface area contributed by atoms with Crippen LogP contribution in [0.15, 0.2) is 41.4 Å². The molecule has 11 heteroatoms. The molecule has 0 spiro atoms. The number of halogens is 4. The third kappa shape index (κ3) is 4.57. The lowest BCUT2D eigenvalue weighted by Gasteiger charge is -2.24. The number of nitrogens with one attached hydrogen (secondary N) is 3. The Balaban J connectivity index is 1.65. The van der Waals surface area contributed by atoms with E-state index in [0.717, 1.165) is 25.5 Å². The Morgan fingerprint density at radius 3 is 2.55 bits per heavy atom. The number of alkyl halides is 3. The third-order valence-corrected chi connectivity index (χ3v) is 5.57. The van der Waals surface area contributed by atoms with Crippen molar-refractivity contribution in [2.45, 2.75) is 30.8 Å². The largest absolute Gasteiger partial charge is 0.492 e. The molecule has 0 saturated carbocycles. The second-order valence-electron chi connectivity index (χ2n) is 7.52. The van der Waals surface area contributed by atoms with Gasteiger partial charge in [0.25, 0.3) is 0 Å². The molecule has 2 aliphatic rings. The van der Waals surface area contributed by atoms with E-state index in [2.05, 4.69) is 21.2 Å². The van der Waals surface area contributed by atoms with Crippen LogP contribution in [0.5, 0.6) is 5.75 Å². The minimum absolute atomic E-state index is 0.0190. The SMILES string of the molecule is NC1=NC(N)(c2cc(Cl)c(-c3ccc(OC[C@H]4CCCN4)cc3)c(C(F)(F)F)c2)NN1. The number of nitrogens with zero attached hydrogens (tertiary/aromatic N) is 1. The van der Waals surface area contributed by atoms with E-state index in [1.165, 1.54) is 6.07 Å². The third-order valence-electron chi connectivity index (χ3n) is 5.27. The average molecular weight is 455 g/mol. The highest BCUT2D eigenvalue weighted by molar-refractivity contribution is 6.33. The minimum Gasteiger partial charge on any atom is -0.492 e. The molecule has 2 aliphatic heterocycles. The molecule has 0 aliphatic carbocycles. The summed E-state index contributed by atoms with van der Waals surface area (Å²) in [6.07, 6.45) is -2.52. The van der Waals surface area contributed by atoms with Gasteiger partial charge in [-0.05, 0) is 49.2 Å². The number of rotatable bonds is 5. The van der Waals surface area contributed by atoms with E-state index in [-0.39, 0.29) is 28.2 Å². The molecule has 0 radical (unpaired) electrons. The fourth-order valence-electron chi connectivity index (χ4n) is 3.70. The summed E-state index contributed by atoms with van der Waals surface area (Å²) >= 11 is 6.32. The predicted molar refractivity (Wildman–Crippen MR) is 112 cm³/mol. The van der Waals surface area contributed by atoms with Gasteiger partial charge in [0.15, 0.2) is 0 Å². The van der Waals surface area contributed by atoms with Gasteiger partial charge in [-0.1, -0.05) is 23.7 Å². The Morgan fingerprint density at radius 1 is 1.23 bits per heavy atom. The molecule has 1 saturated heterocycles. The van der Waals surface area contributed by atoms with Crippen LogP contribution >= 0.6 is 11.6 Å². The van der Waals surface area contributed by atoms with E-state index in [1.807, 2.05) is 0 Å². The number of nitrogens with two attached hydrogens (primary N) is 2. The van der Waals surface area contributed by atoms with Crippen molar-refractivity contribution in [2.24, 2.45) is 16.5 Å². The number of benzene rings is 2. The van der Waals surface area contributed by atoms with Crippen molar-refractivity contribution in [1.29, 1.82) is 0 Å². The first kappa shape index (κ1) is 21.7. The van der Waals surface area contributed by atoms with Gasteiger partial charge in [-0.3, -0.25) is 11.2 Å². The van der Waals surface area contributed by atoms with Crippen LogP contribution in [0.3, 0.4) is 0 Å². The fraction of sp³-hybridized carbons (Fsp3) is 0.350. The van der Waals surface area contributed by atoms with Crippen LogP contribution in [0.1, 0.15) is 24.0 Å². The monoisotopic (exact) mass is 454 g/mol. The molecule has 2 heterocycles. The van der Waals surface area contributed by atoms with E-state index in [1.54, 1.807) is 24.3 Å². The molecule has 0 bridgehead atoms. The van der Waals surface area contributed by atoms with Crippen LogP contribution in [0.2, 0.25) is 5.02 Å². The molecular formula is C20H22ClF3N6O. The highest BCUT2D eigenvalue weighted by Gasteiger charge is 2.39. The second-order valence-corrected chi connectivity index (χ2v) is 7.93. The molecule has 7 N–H and O–H groups in total. The van der Waals surface area contributed by atoms with Crippen LogP contribution in [0, 0.1) is 0 Å². The molecule has 2 aromatic carbocycles. The van der Waals surface area contributed by atoms with Gasteiger partial charge >= 0.3 is 6.18 Å². The molecular weight excluding hydrogens is 433 g/mol. The first-order valence-corrected chi connectivity index (χ1v) is 10.1. The average Bonchev–Trinajstić information content (AvgIpc) is 3.36. The number of aliphatic imine (C=N–C) groups is 1. The molecule has 0 amide bonds. The summed E-state index contributed by atoms with van der Waals surface area (Å²) in [6, 6.07) is 8.93. The summed E-state index contributed by atoms with van der Waals surface area (Å²) in [4.78, 5) is 3.92. The Bertz CT molecular complexity index is 992. The molecule has 166 valence electrons. The zero-order valence-corrected chi connectivity index (χ0v) is 17.1. The van der Waals surface area contributed by atoms with Gasteiger partial charge in [0.2, 0.25) is 11.7 Å². The second kappa shape index (κ2) is 8.19. The van der Waals surface area contributed by atoms with Gasteiger partial charge in [0.05, 0.1) is 5.56 Å². The number of hydrogen-bond donors (Lipinski definition) is 5. The summed E-state index contributed by atoms with van der Waals surface area (Å²) < 4.78 is 47.5. The van der Waals surface area contributed by atoms with E-state index in [0.29, 0.717) is 17.9 Å². The highest BCUT2D eigenvalue weighted by Crippen LogP contribution is 2.43. The molecule has 2 aromatic rings. The van der Waals surface area contributed by atoms with E-state index >= 15 is 0 Å². The lowest BCUT2D eigenvalue weighted by atomic mass is 9.95. The molecule has 1 unspecified atom stereocenters. The lowest BCUT2D eigenvalue weighted by Crippen LogP contribution is -2.50. The first-order valence-electron chi connectivity index (χ1n) is 9.71. The number of hydrazine groups is 1.